The van der Waals surface area contributed by atoms with E-state index in [-0.39, 0.29) is 0 Å². The van der Waals surface area contributed by atoms with Crippen molar-refractivity contribution in [1.82, 2.24) is 29.3 Å². The van der Waals surface area contributed by atoms with Crippen molar-refractivity contribution in [3.8, 4) is 22.9 Å². The molecule has 8 nitrogen and oxygen atoms in total. The summed E-state index contributed by atoms with van der Waals surface area (Å²) in [6, 6.07) is 14.3. The van der Waals surface area contributed by atoms with Crippen LogP contribution in [-0.2, 0) is 24.2 Å². The van der Waals surface area contributed by atoms with Gasteiger partial charge in [-0.2, -0.15) is 5.10 Å². The summed E-state index contributed by atoms with van der Waals surface area (Å²) in [7, 11) is 1.67. The molecule has 8 heteroatoms. The number of benzene rings is 1. The van der Waals surface area contributed by atoms with Crippen LogP contribution < -0.4 is 5.73 Å². The maximum Gasteiger partial charge on any atom is 0.167 e. The molecule has 6 rings (SSSR count). The first-order chi connectivity index (χ1) is 16.2. The van der Waals surface area contributed by atoms with E-state index in [1.807, 2.05) is 30.5 Å². The van der Waals surface area contributed by atoms with Gasteiger partial charge in [0, 0.05) is 30.8 Å². The van der Waals surface area contributed by atoms with Crippen LogP contribution in [0.5, 0.6) is 0 Å². The third-order valence-electron chi connectivity index (χ3n) is 6.09. The molecule has 0 spiro atoms. The largest absolute Gasteiger partial charge is 0.383 e. The van der Waals surface area contributed by atoms with Crippen molar-refractivity contribution in [2.75, 3.05) is 12.8 Å². The van der Waals surface area contributed by atoms with Gasteiger partial charge in [0.2, 0.25) is 0 Å². The van der Waals surface area contributed by atoms with Gasteiger partial charge >= 0.3 is 0 Å². The lowest BCUT2D eigenvalue weighted by molar-refractivity contribution is 0.185. The number of aryl methyl sites for hydroxylation is 2. The van der Waals surface area contributed by atoms with Crippen molar-refractivity contribution in [3.63, 3.8) is 0 Å². The lowest BCUT2D eigenvalue weighted by atomic mass is 10.1. The van der Waals surface area contributed by atoms with E-state index in [0.29, 0.717) is 18.2 Å². The van der Waals surface area contributed by atoms with Crippen LogP contribution in [0.1, 0.15) is 23.1 Å². The quantitative estimate of drug-likeness (QED) is 0.448. The summed E-state index contributed by atoms with van der Waals surface area (Å²) >= 11 is 0. The molecule has 0 atom stereocenters. The normalized spacial score (nSPS) is 13.0. The molecule has 0 saturated carbocycles. The van der Waals surface area contributed by atoms with E-state index in [4.69, 9.17) is 20.4 Å². The second-order valence-corrected chi connectivity index (χ2v) is 8.25. The zero-order valence-electron chi connectivity index (χ0n) is 18.3. The van der Waals surface area contributed by atoms with Crippen LogP contribution in [-0.4, -0.2) is 36.4 Å². The number of ether oxygens (including phenoxy) is 1. The molecule has 0 radical (unpaired) electrons. The van der Waals surface area contributed by atoms with E-state index < -0.39 is 0 Å². The van der Waals surface area contributed by atoms with Crippen molar-refractivity contribution in [2.45, 2.75) is 25.9 Å². The summed E-state index contributed by atoms with van der Waals surface area (Å²) in [5, 5.41) is 4.46. The third-order valence-corrected chi connectivity index (χ3v) is 6.09. The SMILES string of the molecule is COCc1cnn(-c2ccc3nc(-c4cccnc4N)n(-c4ccc5c(c4)CCC5)c3n2)c1. The van der Waals surface area contributed by atoms with Gasteiger partial charge in [-0.15, -0.1) is 0 Å². The Morgan fingerprint density at radius 3 is 2.85 bits per heavy atom. The molecule has 0 unspecified atom stereocenters. The lowest BCUT2D eigenvalue weighted by Crippen LogP contribution is -2.04. The molecule has 4 heterocycles. The van der Waals surface area contributed by atoms with Gasteiger partial charge in [0.15, 0.2) is 17.3 Å². The molecule has 0 fully saturated rings. The molecular formula is C25H23N7O. The lowest BCUT2D eigenvalue weighted by Gasteiger charge is -2.12. The van der Waals surface area contributed by atoms with E-state index in [1.165, 1.54) is 17.5 Å². The highest BCUT2D eigenvalue weighted by molar-refractivity contribution is 5.83. The molecule has 33 heavy (non-hydrogen) atoms. The van der Waals surface area contributed by atoms with Crippen LogP contribution in [0.2, 0.25) is 0 Å². The number of rotatable bonds is 5. The molecule has 164 valence electrons. The van der Waals surface area contributed by atoms with Crippen LogP contribution in [0.15, 0.2) is 61.1 Å². The molecule has 1 aliphatic carbocycles. The number of anilines is 1. The van der Waals surface area contributed by atoms with Crippen molar-refractivity contribution >= 4 is 17.0 Å². The Balaban J connectivity index is 1.58. The Hall–Kier alpha value is -4.04. The molecule has 5 aromatic rings. The Kier molecular flexibility index (Phi) is 4.66. The topological polar surface area (TPSA) is 96.7 Å². The molecular weight excluding hydrogens is 414 g/mol. The van der Waals surface area contributed by atoms with E-state index in [2.05, 4.69) is 32.8 Å². The average Bonchev–Trinajstić information content (AvgIpc) is 3.57. The van der Waals surface area contributed by atoms with Gasteiger partial charge < -0.3 is 10.5 Å². The van der Waals surface area contributed by atoms with E-state index in [0.717, 1.165) is 46.6 Å². The van der Waals surface area contributed by atoms with Crippen molar-refractivity contribution < 1.29 is 4.74 Å². The summed E-state index contributed by atoms with van der Waals surface area (Å²) in [5.74, 6) is 1.86. The zero-order chi connectivity index (χ0) is 22.4. The summed E-state index contributed by atoms with van der Waals surface area (Å²) in [6.07, 6.45) is 8.82. The summed E-state index contributed by atoms with van der Waals surface area (Å²) in [6.45, 7) is 0.500. The first kappa shape index (κ1) is 19.6. The summed E-state index contributed by atoms with van der Waals surface area (Å²) in [5.41, 5.74) is 13.3. The summed E-state index contributed by atoms with van der Waals surface area (Å²) in [4.78, 5) is 14.2. The minimum atomic E-state index is 0.437. The van der Waals surface area contributed by atoms with Gasteiger partial charge in [-0.05, 0) is 66.8 Å². The predicted molar refractivity (Wildman–Crippen MR) is 126 cm³/mol. The van der Waals surface area contributed by atoms with Gasteiger partial charge in [-0.3, -0.25) is 4.57 Å². The Bertz CT molecular complexity index is 1480. The number of aromatic nitrogens is 6. The number of hydrogen-bond acceptors (Lipinski definition) is 6. The first-order valence-corrected chi connectivity index (χ1v) is 11.0. The van der Waals surface area contributed by atoms with Crippen molar-refractivity contribution in [3.05, 3.63) is 77.7 Å². The number of nitrogen functional groups attached to an aromatic ring is 1. The fourth-order valence-electron chi connectivity index (χ4n) is 4.53. The molecule has 0 bridgehead atoms. The van der Waals surface area contributed by atoms with Crippen LogP contribution in [0.25, 0.3) is 34.1 Å². The predicted octanol–water partition coefficient (Wildman–Crippen LogP) is 3.89. The van der Waals surface area contributed by atoms with Gasteiger partial charge in [-0.25, -0.2) is 19.6 Å². The van der Waals surface area contributed by atoms with Crippen LogP contribution in [0.4, 0.5) is 5.82 Å². The number of nitrogens with zero attached hydrogens (tertiary/aromatic N) is 6. The number of imidazole rings is 1. The van der Waals surface area contributed by atoms with Gasteiger partial charge in [-0.1, -0.05) is 6.07 Å². The number of nitrogens with two attached hydrogens (primary N) is 1. The van der Waals surface area contributed by atoms with Gasteiger partial charge in [0.1, 0.15) is 11.3 Å². The van der Waals surface area contributed by atoms with Crippen LogP contribution >= 0.6 is 0 Å². The Morgan fingerprint density at radius 1 is 1.06 bits per heavy atom. The molecule has 0 saturated heterocycles. The average molecular weight is 438 g/mol. The van der Waals surface area contributed by atoms with E-state index in [1.54, 1.807) is 24.2 Å². The molecule has 0 aliphatic heterocycles. The highest BCUT2D eigenvalue weighted by Gasteiger charge is 2.20. The highest BCUT2D eigenvalue weighted by Crippen LogP contribution is 2.32. The summed E-state index contributed by atoms with van der Waals surface area (Å²) < 4.78 is 9.05. The van der Waals surface area contributed by atoms with Gasteiger partial charge in [0.25, 0.3) is 0 Å². The monoisotopic (exact) mass is 437 g/mol. The molecule has 1 aromatic carbocycles. The molecule has 4 aromatic heterocycles. The Morgan fingerprint density at radius 2 is 1.97 bits per heavy atom. The smallest absolute Gasteiger partial charge is 0.167 e. The number of hydrogen-bond donors (Lipinski definition) is 1. The number of methoxy groups -OCH3 is 1. The van der Waals surface area contributed by atoms with E-state index >= 15 is 0 Å². The fraction of sp³-hybridized carbons (Fsp3) is 0.200. The highest BCUT2D eigenvalue weighted by atomic mass is 16.5. The second kappa shape index (κ2) is 7.83. The zero-order valence-corrected chi connectivity index (χ0v) is 18.3. The first-order valence-electron chi connectivity index (χ1n) is 11.0. The van der Waals surface area contributed by atoms with E-state index in [9.17, 15) is 0 Å². The van der Waals surface area contributed by atoms with Crippen LogP contribution in [0, 0.1) is 0 Å². The minimum absolute atomic E-state index is 0.437. The Labute approximate surface area is 190 Å². The maximum atomic E-state index is 6.25. The van der Waals surface area contributed by atoms with Gasteiger partial charge in [0.05, 0.1) is 18.4 Å². The molecule has 2 N–H and O–H groups in total. The number of fused-ring (bicyclic) bond motifs is 2. The molecule has 0 amide bonds. The van der Waals surface area contributed by atoms with Crippen molar-refractivity contribution in [1.29, 1.82) is 0 Å². The second-order valence-electron chi connectivity index (χ2n) is 8.25. The van der Waals surface area contributed by atoms with Crippen molar-refractivity contribution in [2.24, 2.45) is 0 Å². The number of pyridine rings is 2. The minimum Gasteiger partial charge on any atom is -0.383 e. The fourth-order valence-corrected chi connectivity index (χ4v) is 4.53. The third kappa shape index (κ3) is 3.35. The molecule has 1 aliphatic rings. The van der Waals surface area contributed by atoms with Crippen LogP contribution in [0.3, 0.4) is 0 Å². The standard InChI is InChI=1S/C25H23N7O/c1-33-15-16-13-28-31(14-16)22-10-9-21-25(30-22)32(19-8-7-17-4-2-5-18(17)12-19)24(29-21)20-6-3-11-27-23(20)26/h3,6-14H,2,4-5,15H2,1H3,(H2,26,27). The maximum absolute atomic E-state index is 6.25.